The normalized spacial score (nSPS) is 9.78. The van der Waals surface area contributed by atoms with Crippen LogP contribution in [0.1, 0.15) is 11.1 Å². The van der Waals surface area contributed by atoms with Crippen LogP contribution >= 0.6 is 0 Å². The number of aryl methyl sites for hydroxylation is 1. The summed E-state index contributed by atoms with van der Waals surface area (Å²) in [4.78, 5) is 10.5. The van der Waals surface area contributed by atoms with Gasteiger partial charge in [0.1, 0.15) is 11.6 Å². The number of nitro benzene ring substituents is 1. The molecule has 0 saturated heterocycles. The Hall–Kier alpha value is -2.67. The summed E-state index contributed by atoms with van der Waals surface area (Å²) in [6.07, 6.45) is 0. The third-order valence-corrected chi connectivity index (χ3v) is 2.76. The molecular weight excluding hydrogens is 228 g/mol. The standard InChI is InChI=1S/C14H10N2O2/c1-10-7-8-12(11-5-3-2-4-6-11)13(9-15)14(10)16(17)18/h2-8H,1H3. The van der Waals surface area contributed by atoms with E-state index in [-0.39, 0.29) is 11.3 Å². The molecule has 0 unspecified atom stereocenters. The largest absolute Gasteiger partial charge is 0.290 e. The molecule has 4 heteroatoms. The number of nitrogens with zero attached hydrogens (tertiary/aromatic N) is 2. The molecule has 0 aliphatic heterocycles. The lowest BCUT2D eigenvalue weighted by atomic mass is 9.96. The summed E-state index contributed by atoms with van der Waals surface area (Å²) in [5.74, 6) is 0. The summed E-state index contributed by atoms with van der Waals surface area (Å²) < 4.78 is 0. The van der Waals surface area contributed by atoms with Crippen molar-refractivity contribution in [2.75, 3.05) is 0 Å². The van der Waals surface area contributed by atoms with E-state index in [1.165, 1.54) is 0 Å². The monoisotopic (exact) mass is 238 g/mol. The Kier molecular flexibility index (Phi) is 3.07. The van der Waals surface area contributed by atoms with Crippen molar-refractivity contribution in [1.29, 1.82) is 5.26 Å². The van der Waals surface area contributed by atoms with Crippen LogP contribution in [0.4, 0.5) is 5.69 Å². The molecule has 88 valence electrons. The molecule has 0 atom stereocenters. The van der Waals surface area contributed by atoms with E-state index in [0.29, 0.717) is 11.1 Å². The molecule has 0 bridgehead atoms. The van der Waals surface area contributed by atoms with E-state index in [9.17, 15) is 15.4 Å². The zero-order chi connectivity index (χ0) is 13.1. The minimum Gasteiger partial charge on any atom is -0.258 e. The van der Waals surface area contributed by atoms with Gasteiger partial charge in [-0.3, -0.25) is 10.1 Å². The van der Waals surface area contributed by atoms with Crippen molar-refractivity contribution < 1.29 is 4.92 Å². The molecule has 0 saturated carbocycles. The third kappa shape index (κ3) is 1.94. The maximum atomic E-state index is 11.0. The van der Waals surface area contributed by atoms with E-state index >= 15 is 0 Å². The lowest BCUT2D eigenvalue weighted by Gasteiger charge is -2.06. The summed E-state index contributed by atoms with van der Waals surface area (Å²) in [6.45, 7) is 1.63. The summed E-state index contributed by atoms with van der Waals surface area (Å²) in [6, 6.07) is 14.5. The van der Waals surface area contributed by atoms with Gasteiger partial charge >= 0.3 is 0 Å². The Morgan fingerprint density at radius 3 is 2.39 bits per heavy atom. The Labute approximate surface area is 104 Å². The zero-order valence-corrected chi connectivity index (χ0v) is 9.75. The Bertz CT molecular complexity index is 643. The lowest BCUT2D eigenvalue weighted by molar-refractivity contribution is -0.385. The highest BCUT2D eigenvalue weighted by Crippen LogP contribution is 2.32. The van der Waals surface area contributed by atoms with E-state index in [4.69, 9.17) is 0 Å². The molecule has 0 amide bonds. The molecule has 0 fully saturated rings. The molecule has 0 N–H and O–H groups in total. The predicted octanol–water partition coefficient (Wildman–Crippen LogP) is 3.44. The fourth-order valence-corrected chi connectivity index (χ4v) is 1.90. The molecule has 2 aromatic rings. The predicted molar refractivity (Wildman–Crippen MR) is 68.0 cm³/mol. The number of benzene rings is 2. The van der Waals surface area contributed by atoms with Crippen molar-refractivity contribution in [2.24, 2.45) is 0 Å². The summed E-state index contributed by atoms with van der Waals surface area (Å²) in [5.41, 5.74) is 1.90. The van der Waals surface area contributed by atoms with Crippen LogP contribution in [0.5, 0.6) is 0 Å². The van der Waals surface area contributed by atoms with Crippen molar-refractivity contribution >= 4 is 5.69 Å². The van der Waals surface area contributed by atoms with Gasteiger partial charge in [-0.2, -0.15) is 5.26 Å². The number of hydrogen-bond acceptors (Lipinski definition) is 3. The lowest BCUT2D eigenvalue weighted by Crippen LogP contribution is -1.97. The van der Waals surface area contributed by atoms with Crippen LogP contribution in [0.3, 0.4) is 0 Å². The first-order valence-corrected chi connectivity index (χ1v) is 5.38. The fourth-order valence-electron chi connectivity index (χ4n) is 1.90. The molecule has 0 aliphatic rings. The van der Waals surface area contributed by atoms with Gasteiger partial charge in [0, 0.05) is 11.1 Å². The number of rotatable bonds is 2. The SMILES string of the molecule is Cc1ccc(-c2ccccc2)c(C#N)c1[N+](=O)[O-]. The highest BCUT2D eigenvalue weighted by molar-refractivity contribution is 5.76. The van der Waals surface area contributed by atoms with Gasteiger partial charge in [0.2, 0.25) is 0 Å². The van der Waals surface area contributed by atoms with Gasteiger partial charge in [0.15, 0.2) is 0 Å². The molecule has 0 aromatic heterocycles. The van der Waals surface area contributed by atoms with Gasteiger partial charge in [-0.1, -0.05) is 42.5 Å². The van der Waals surface area contributed by atoms with Crippen LogP contribution in [-0.4, -0.2) is 4.92 Å². The first-order chi connectivity index (χ1) is 8.65. The van der Waals surface area contributed by atoms with Crippen LogP contribution in [0.15, 0.2) is 42.5 Å². The Morgan fingerprint density at radius 1 is 1.17 bits per heavy atom. The average Bonchev–Trinajstić information content (AvgIpc) is 2.38. The van der Waals surface area contributed by atoms with Crippen molar-refractivity contribution in [3.8, 4) is 17.2 Å². The van der Waals surface area contributed by atoms with Gasteiger partial charge in [0.05, 0.1) is 4.92 Å². The van der Waals surface area contributed by atoms with E-state index in [2.05, 4.69) is 0 Å². The van der Waals surface area contributed by atoms with Gasteiger partial charge in [-0.25, -0.2) is 0 Å². The van der Waals surface area contributed by atoms with Crippen molar-refractivity contribution in [1.82, 2.24) is 0 Å². The second-order valence-corrected chi connectivity index (χ2v) is 3.89. The molecule has 0 spiro atoms. The molecule has 18 heavy (non-hydrogen) atoms. The van der Waals surface area contributed by atoms with Crippen LogP contribution in [0.2, 0.25) is 0 Å². The number of hydrogen-bond donors (Lipinski definition) is 0. The van der Waals surface area contributed by atoms with E-state index in [1.807, 2.05) is 36.4 Å². The van der Waals surface area contributed by atoms with Gasteiger partial charge in [-0.05, 0) is 12.5 Å². The topological polar surface area (TPSA) is 66.9 Å². The molecule has 2 rings (SSSR count). The maximum Gasteiger partial charge on any atom is 0.290 e. The van der Waals surface area contributed by atoms with Crippen LogP contribution < -0.4 is 0 Å². The first-order valence-electron chi connectivity index (χ1n) is 5.38. The van der Waals surface area contributed by atoms with E-state index < -0.39 is 4.92 Å². The van der Waals surface area contributed by atoms with Crippen LogP contribution in [0, 0.1) is 28.4 Å². The van der Waals surface area contributed by atoms with Crippen LogP contribution in [0.25, 0.3) is 11.1 Å². The zero-order valence-electron chi connectivity index (χ0n) is 9.75. The minimum atomic E-state index is -0.500. The van der Waals surface area contributed by atoms with E-state index in [0.717, 1.165) is 5.56 Å². The first kappa shape index (κ1) is 11.8. The summed E-state index contributed by atoms with van der Waals surface area (Å²) in [5, 5.41) is 20.2. The second kappa shape index (κ2) is 4.68. The number of nitro groups is 1. The molecule has 0 radical (unpaired) electrons. The molecule has 0 aliphatic carbocycles. The van der Waals surface area contributed by atoms with Crippen LogP contribution in [-0.2, 0) is 0 Å². The summed E-state index contributed by atoms with van der Waals surface area (Å²) in [7, 11) is 0. The van der Waals surface area contributed by atoms with E-state index in [1.54, 1.807) is 19.1 Å². The smallest absolute Gasteiger partial charge is 0.258 e. The Morgan fingerprint density at radius 2 is 1.83 bits per heavy atom. The molecule has 4 nitrogen and oxygen atoms in total. The minimum absolute atomic E-state index is 0.112. The fraction of sp³-hybridized carbons (Fsp3) is 0.0714. The van der Waals surface area contributed by atoms with Gasteiger partial charge in [-0.15, -0.1) is 0 Å². The highest BCUT2D eigenvalue weighted by atomic mass is 16.6. The quantitative estimate of drug-likeness (QED) is 0.594. The Balaban J connectivity index is 2.75. The third-order valence-electron chi connectivity index (χ3n) is 2.76. The maximum absolute atomic E-state index is 11.0. The van der Waals surface area contributed by atoms with Crippen molar-refractivity contribution in [2.45, 2.75) is 6.92 Å². The molecule has 0 heterocycles. The average molecular weight is 238 g/mol. The van der Waals surface area contributed by atoms with Crippen molar-refractivity contribution in [3.05, 3.63) is 63.7 Å². The van der Waals surface area contributed by atoms with Gasteiger partial charge < -0.3 is 0 Å². The van der Waals surface area contributed by atoms with Gasteiger partial charge in [0.25, 0.3) is 5.69 Å². The highest BCUT2D eigenvalue weighted by Gasteiger charge is 2.21. The summed E-state index contributed by atoms with van der Waals surface area (Å²) >= 11 is 0. The molecule has 2 aromatic carbocycles. The molecular formula is C14H10N2O2. The van der Waals surface area contributed by atoms with Crippen molar-refractivity contribution in [3.63, 3.8) is 0 Å². The number of nitriles is 1. The second-order valence-electron chi connectivity index (χ2n) is 3.89.